The molecule has 22 heavy (non-hydrogen) atoms. The Labute approximate surface area is 139 Å². The van der Waals surface area contributed by atoms with Crippen molar-refractivity contribution >= 4 is 23.2 Å². The molecule has 0 aliphatic rings. The fourth-order valence-electron chi connectivity index (χ4n) is 2.13. The second-order valence-electron chi connectivity index (χ2n) is 6.11. The van der Waals surface area contributed by atoms with Crippen LogP contribution in [0.3, 0.4) is 0 Å². The average Bonchev–Trinajstić information content (AvgIpc) is 2.45. The fraction of sp³-hybridized carbons (Fsp3) is 0.444. The molecule has 0 fully saturated rings. The summed E-state index contributed by atoms with van der Waals surface area (Å²) in [7, 11) is 0. The van der Waals surface area contributed by atoms with Crippen molar-refractivity contribution in [2.45, 2.75) is 26.3 Å². The maximum absolute atomic E-state index is 5.82. The van der Waals surface area contributed by atoms with Crippen LogP contribution in [-0.4, -0.2) is 31.9 Å². The molecule has 3 nitrogen and oxygen atoms in total. The Morgan fingerprint density at radius 2 is 1.64 bits per heavy atom. The molecule has 0 spiro atoms. The van der Waals surface area contributed by atoms with E-state index in [1.165, 1.54) is 5.39 Å². The third-order valence-corrected chi connectivity index (χ3v) is 3.14. The van der Waals surface area contributed by atoms with E-state index in [-0.39, 0.29) is 17.9 Å². The third-order valence-electron chi connectivity index (χ3n) is 3.14. The summed E-state index contributed by atoms with van der Waals surface area (Å²) in [5.41, 5.74) is 0.142. The Hall–Kier alpha value is -1.29. The minimum Gasteiger partial charge on any atom is -0.491 e. The van der Waals surface area contributed by atoms with E-state index < -0.39 is 0 Å². The number of nitrogens with one attached hydrogen (secondary N) is 1. The SMILES string of the molecule is CC(C)(C)NCCOCCOc1cccc2ccccc12.Cl. The van der Waals surface area contributed by atoms with Gasteiger partial charge in [0.1, 0.15) is 12.4 Å². The van der Waals surface area contributed by atoms with Crippen molar-refractivity contribution in [3.8, 4) is 5.75 Å². The summed E-state index contributed by atoms with van der Waals surface area (Å²) in [4.78, 5) is 0. The molecule has 0 bridgehead atoms. The smallest absolute Gasteiger partial charge is 0.127 e. The van der Waals surface area contributed by atoms with Crippen molar-refractivity contribution in [3.63, 3.8) is 0 Å². The summed E-state index contributed by atoms with van der Waals surface area (Å²) in [5, 5.41) is 5.74. The van der Waals surface area contributed by atoms with Crippen LogP contribution in [0.1, 0.15) is 20.8 Å². The van der Waals surface area contributed by atoms with E-state index >= 15 is 0 Å². The van der Waals surface area contributed by atoms with Crippen LogP contribution in [0.5, 0.6) is 5.75 Å². The standard InChI is InChI=1S/C18H25NO2.ClH/c1-18(2,3)19-11-12-20-13-14-21-17-10-6-8-15-7-4-5-9-16(15)17;/h4-10,19H,11-14H2,1-3H3;1H. The molecule has 0 unspecified atom stereocenters. The number of hydrogen-bond donors (Lipinski definition) is 1. The number of benzene rings is 2. The third kappa shape index (κ3) is 6.22. The lowest BCUT2D eigenvalue weighted by molar-refractivity contribution is 0.0990. The van der Waals surface area contributed by atoms with Gasteiger partial charge in [0.25, 0.3) is 0 Å². The highest BCUT2D eigenvalue weighted by molar-refractivity contribution is 5.88. The topological polar surface area (TPSA) is 30.5 Å². The predicted octanol–water partition coefficient (Wildman–Crippen LogP) is 4.05. The van der Waals surface area contributed by atoms with Crippen LogP contribution in [0.4, 0.5) is 0 Å². The molecule has 122 valence electrons. The molecule has 0 saturated heterocycles. The highest BCUT2D eigenvalue weighted by Gasteiger charge is 2.07. The van der Waals surface area contributed by atoms with Crippen LogP contribution < -0.4 is 10.1 Å². The first-order chi connectivity index (χ1) is 10.1. The lowest BCUT2D eigenvalue weighted by Crippen LogP contribution is -2.38. The maximum atomic E-state index is 5.82. The molecule has 0 heterocycles. The number of fused-ring (bicyclic) bond motifs is 1. The Morgan fingerprint density at radius 3 is 2.41 bits per heavy atom. The zero-order valence-corrected chi connectivity index (χ0v) is 14.4. The second-order valence-corrected chi connectivity index (χ2v) is 6.11. The van der Waals surface area contributed by atoms with Gasteiger partial charge < -0.3 is 14.8 Å². The summed E-state index contributed by atoms with van der Waals surface area (Å²) in [6.07, 6.45) is 0. The monoisotopic (exact) mass is 323 g/mol. The molecule has 0 aliphatic carbocycles. The predicted molar refractivity (Wildman–Crippen MR) is 95.3 cm³/mol. The van der Waals surface area contributed by atoms with Gasteiger partial charge in [-0.2, -0.15) is 0 Å². The summed E-state index contributed by atoms with van der Waals surface area (Å²) in [6.45, 7) is 9.19. The molecule has 1 N–H and O–H groups in total. The summed E-state index contributed by atoms with van der Waals surface area (Å²) >= 11 is 0. The molecule has 0 atom stereocenters. The molecule has 2 rings (SSSR count). The van der Waals surface area contributed by atoms with Crippen LogP contribution in [0, 0.1) is 0 Å². The van der Waals surface area contributed by atoms with Gasteiger partial charge in [0.05, 0.1) is 13.2 Å². The highest BCUT2D eigenvalue weighted by Crippen LogP contribution is 2.24. The highest BCUT2D eigenvalue weighted by atomic mass is 35.5. The normalized spacial score (nSPS) is 11.2. The van der Waals surface area contributed by atoms with Gasteiger partial charge in [-0.25, -0.2) is 0 Å². The Balaban J connectivity index is 0.00000242. The van der Waals surface area contributed by atoms with Gasteiger partial charge in [-0.05, 0) is 32.2 Å². The number of halogens is 1. The zero-order valence-electron chi connectivity index (χ0n) is 13.6. The fourth-order valence-corrected chi connectivity index (χ4v) is 2.13. The molecule has 0 radical (unpaired) electrons. The van der Waals surface area contributed by atoms with E-state index in [4.69, 9.17) is 9.47 Å². The van der Waals surface area contributed by atoms with Crippen LogP contribution in [0.25, 0.3) is 10.8 Å². The minimum atomic E-state index is 0. The van der Waals surface area contributed by atoms with E-state index in [2.05, 4.69) is 44.3 Å². The van der Waals surface area contributed by atoms with Crippen LogP contribution in [0.2, 0.25) is 0 Å². The molecule has 0 saturated carbocycles. The van der Waals surface area contributed by atoms with Gasteiger partial charge in [-0.3, -0.25) is 0 Å². The lowest BCUT2D eigenvalue weighted by Gasteiger charge is -2.20. The summed E-state index contributed by atoms with van der Waals surface area (Å²) in [6, 6.07) is 14.4. The molecule has 0 amide bonds. The summed E-state index contributed by atoms with van der Waals surface area (Å²) in [5.74, 6) is 0.921. The van der Waals surface area contributed by atoms with Crippen molar-refractivity contribution < 1.29 is 9.47 Å². The van der Waals surface area contributed by atoms with Crippen molar-refractivity contribution in [1.82, 2.24) is 5.32 Å². The van der Waals surface area contributed by atoms with E-state index in [0.29, 0.717) is 19.8 Å². The van der Waals surface area contributed by atoms with Gasteiger partial charge in [0.2, 0.25) is 0 Å². The molecular formula is C18H26ClNO2. The van der Waals surface area contributed by atoms with Gasteiger partial charge in [-0.1, -0.05) is 36.4 Å². The molecule has 0 aromatic heterocycles. The summed E-state index contributed by atoms with van der Waals surface area (Å²) < 4.78 is 11.4. The molecule has 2 aromatic carbocycles. The zero-order chi connectivity index (χ0) is 15.1. The van der Waals surface area contributed by atoms with Crippen LogP contribution >= 0.6 is 12.4 Å². The van der Waals surface area contributed by atoms with Gasteiger partial charge >= 0.3 is 0 Å². The molecule has 2 aromatic rings. The Bertz CT molecular complexity index is 561. The van der Waals surface area contributed by atoms with E-state index in [1.54, 1.807) is 0 Å². The number of ether oxygens (including phenoxy) is 2. The largest absolute Gasteiger partial charge is 0.491 e. The lowest BCUT2D eigenvalue weighted by atomic mass is 10.1. The van der Waals surface area contributed by atoms with Crippen LogP contribution in [0.15, 0.2) is 42.5 Å². The first-order valence-electron chi connectivity index (χ1n) is 7.50. The number of rotatable bonds is 7. The van der Waals surface area contributed by atoms with E-state index in [0.717, 1.165) is 17.7 Å². The van der Waals surface area contributed by atoms with Crippen LogP contribution in [-0.2, 0) is 4.74 Å². The van der Waals surface area contributed by atoms with Gasteiger partial charge in [-0.15, -0.1) is 12.4 Å². The average molecular weight is 324 g/mol. The molecule has 4 heteroatoms. The molecular weight excluding hydrogens is 298 g/mol. The van der Waals surface area contributed by atoms with Gasteiger partial charge in [0.15, 0.2) is 0 Å². The van der Waals surface area contributed by atoms with E-state index in [9.17, 15) is 0 Å². The van der Waals surface area contributed by atoms with E-state index in [1.807, 2.05) is 24.3 Å². The first-order valence-corrected chi connectivity index (χ1v) is 7.50. The van der Waals surface area contributed by atoms with Gasteiger partial charge in [0, 0.05) is 17.5 Å². The van der Waals surface area contributed by atoms with Crippen molar-refractivity contribution in [3.05, 3.63) is 42.5 Å². The maximum Gasteiger partial charge on any atom is 0.127 e. The second kappa shape index (κ2) is 8.99. The molecule has 0 aliphatic heterocycles. The van der Waals surface area contributed by atoms with Crippen molar-refractivity contribution in [2.75, 3.05) is 26.4 Å². The Kier molecular flexibility index (Phi) is 7.66. The van der Waals surface area contributed by atoms with Crippen molar-refractivity contribution in [2.24, 2.45) is 0 Å². The Morgan fingerprint density at radius 1 is 0.909 bits per heavy atom. The van der Waals surface area contributed by atoms with Crippen molar-refractivity contribution in [1.29, 1.82) is 0 Å². The number of hydrogen-bond acceptors (Lipinski definition) is 3. The first kappa shape index (κ1) is 18.8. The minimum absolute atomic E-state index is 0. The quantitative estimate of drug-likeness (QED) is 0.780.